The zero-order chi connectivity index (χ0) is 13.2. The van der Waals surface area contributed by atoms with Crippen molar-refractivity contribution >= 4 is 28.8 Å². The van der Waals surface area contributed by atoms with Crippen molar-refractivity contribution in [3.05, 3.63) is 57.2 Å². The van der Waals surface area contributed by atoms with E-state index >= 15 is 0 Å². The molecule has 3 rings (SSSR count). The molecule has 1 aliphatic heterocycles. The van der Waals surface area contributed by atoms with Gasteiger partial charge in [0.1, 0.15) is 0 Å². The van der Waals surface area contributed by atoms with Crippen LogP contribution in [0.15, 0.2) is 41.8 Å². The molecule has 2 heterocycles. The minimum atomic E-state index is 0.104. The third kappa shape index (κ3) is 2.53. The standard InChI is InChI=1S/C15H14ClNOS/c16-12-7-5-11(6-8-12)15(18)17-9-1-3-13(17)14-4-2-10-19-14/h2,4-8,10,13H,1,3,9H2. The first-order chi connectivity index (χ1) is 9.25. The lowest BCUT2D eigenvalue weighted by atomic mass is 10.1. The molecule has 1 fully saturated rings. The Labute approximate surface area is 121 Å². The fourth-order valence-corrected chi connectivity index (χ4v) is 3.54. The lowest BCUT2D eigenvalue weighted by molar-refractivity contribution is 0.0738. The molecule has 19 heavy (non-hydrogen) atoms. The number of thiophene rings is 1. The van der Waals surface area contributed by atoms with Crippen LogP contribution in [0.5, 0.6) is 0 Å². The van der Waals surface area contributed by atoms with Gasteiger partial charge in [-0.2, -0.15) is 0 Å². The summed E-state index contributed by atoms with van der Waals surface area (Å²) in [6.07, 6.45) is 2.13. The van der Waals surface area contributed by atoms with E-state index in [0.29, 0.717) is 10.6 Å². The number of hydrogen-bond acceptors (Lipinski definition) is 2. The van der Waals surface area contributed by atoms with Crippen LogP contribution in [0.4, 0.5) is 0 Å². The summed E-state index contributed by atoms with van der Waals surface area (Å²) in [5.74, 6) is 0.104. The Balaban J connectivity index is 1.84. The molecule has 98 valence electrons. The molecule has 1 aliphatic rings. The van der Waals surface area contributed by atoms with Gasteiger partial charge in [-0.25, -0.2) is 0 Å². The monoisotopic (exact) mass is 291 g/mol. The lowest BCUT2D eigenvalue weighted by Crippen LogP contribution is -2.30. The average molecular weight is 292 g/mol. The summed E-state index contributed by atoms with van der Waals surface area (Å²) in [5, 5.41) is 2.73. The van der Waals surface area contributed by atoms with Gasteiger partial charge in [0.25, 0.3) is 5.91 Å². The van der Waals surface area contributed by atoms with E-state index in [-0.39, 0.29) is 11.9 Å². The van der Waals surface area contributed by atoms with E-state index in [2.05, 4.69) is 11.4 Å². The molecule has 1 amide bonds. The number of likely N-dealkylation sites (tertiary alicyclic amines) is 1. The summed E-state index contributed by atoms with van der Waals surface area (Å²) in [7, 11) is 0. The van der Waals surface area contributed by atoms with Crippen molar-refractivity contribution in [1.29, 1.82) is 0 Å². The molecule has 0 N–H and O–H groups in total. The van der Waals surface area contributed by atoms with Crippen LogP contribution in [0.2, 0.25) is 5.02 Å². The number of carbonyl (C=O) groups is 1. The van der Waals surface area contributed by atoms with E-state index in [0.717, 1.165) is 19.4 Å². The SMILES string of the molecule is O=C(c1ccc(Cl)cc1)N1CCCC1c1cccs1. The third-order valence-corrected chi connectivity index (χ3v) is 4.70. The highest BCUT2D eigenvalue weighted by Gasteiger charge is 2.30. The smallest absolute Gasteiger partial charge is 0.254 e. The lowest BCUT2D eigenvalue weighted by Gasteiger charge is -2.24. The Bertz CT molecular complexity index is 564. The van der Waals surface area contributed by atoms with Crippen LogP contribution >= 0.6 is 22.9 Å². The highest BCUT2D eigenvalue weighted by molar-refractivity contribution is 7.10. The Morgan fingerprint density at radius 2 is 2.05 bits per heavy atom. The summed E-state index contributed by atoms with van der Waals surface area (Å²) in [6, 6.07) is 11.5. The van der Waals surface area contributed by atoms with Gasteiger partial charge in [-0.3, -0.25) is 4.79 Å². The van der Waals surface area contributed by atoms with E-state index in [9.17, 15) is 4.79 Å². The van der Waals surface area contributed by atoms with Crippen molar-refractivity contribution in [2.45, 2.75) is 18.9 Å². The normalized spacial score (nSPS) is 18.8. The van der Waals surface area contributed by atoms with Crippen molar-refractivity contribution in [3.63, 3.8) is 0 Å². The number of halogens is 1. The molecule has 2 nitrogen and oxygen atoms in total. The molecule has 0 aliphatic carbocycles. The molecule has 2 aromatic rings. The van der Waals surface area contributed by atoms with Crippen molar-refractivity contribution in [3.8, 4) is 0 Å². The fourth-order valence-electron chi connectivity index (χ4n) is 2.54. The number of rotatable bonds is 2. The minimum Gasteiger partial charge on any atom is -0.331 e. The van der Waals surface area contributed by atoms with Crippen molar-refractivity contribution in [1.82, 2.24) is 4.90 Å². The van der Waals surface area contributed by atoms with Crippen molar-refractivity contribution in [2.75, 3.05) is 6.54 Å². The van der Waals surface area contributed by atoms with Crippen LogP contribution in [-0.2, 0) is 0 Å². The van der Waals surface area contributed by atoms with Gasteiger partial charge in [-0.15, -0.1) is 11.3 Å². The van der Waals surface area contributed by atoms with E-state index in [1.807, 2.05) is 11.0 Å². The highest BCUT2D eigenvalue weighted by atomic mass is 35.5. The molecule has 0 saturated carbocycles. The minimum absolute atomic E-state index is 0.104. The molecule has 0 bridgehead atoms. The van der Waals surface area contributed by atoms with Crippen LogP contribution in [-0.4, -0.2) is 17.4 Å². The Morgan fingerprint density at radius 3 is 2.74 bits per heavy atom. The second kappa shape index (κ2) is 5.35. The van der Waals surface area contributed by atoms with Gasteiger partial charge in [0, 0.05) is 22.0 Å². The maximum absolute atomic E-state index is 12.6. The maximum Gasteiger partial charge on any atom is 0.254 e. The van der Waals surface area contributed by atoms with Gasteiger partial charge in [-0.1, -0.05) is 17.7 Å². The molecule has 1 atom stereocenters. The summed E-state index contributed by atoms with van der Waals surface area (Å²) < 4.78 is 0. The quantitative estimate of drug-likeness (QED) is 0.804. The van der Waals surface area contributed by atoms with Crippen LogP contribution in [0.1, 0.15) is 34.1 Å². The van der Waals surface area contributed by atoms with E-state index in [4.69, 9.17) is 11.6 Å². The van der Waals surface area contributed by atoms with E-state index in [1.165, 1.54) is 4.88 Å². The summed E-state index contributed by atoms with van der Waals surface area (Å²) >= 11 is 7.59. The molecule has 0 spiro atoms. The van der Waals surface area contributed by atoms with E-state index < -0.39 is 0 Å². The number of amides is 1. The number of nitrogens with zero attached hydrogens (tertiary/aromatic N) is 1. The summed E-state index contributed by atoms with van der Waals surface area (Å²) in [5.41, 5.74) is 0.716. The summed E-state index contributed by atoms with van der Waals surface area (Å²) in [4.78, 5) is 15.8. The molecule has 0 radical (unpaired) electrons. The van der Waals surface area contributed by atoms with Crippen LogP contribution in [0.3, 0.4) is 0 Å². The van der Waals surface area contributed by atoms with Crippen molar-refractivity contribution in [2.24, 2.45) is 0 Å². The predicted octanol–water partition coefficient (Wildman–Crippen LogP) is 4.38. The molecule has 1 unspecified atom stereocenters. The Hall–Kier alpha value is -1.32. The largest absolute Gasteiger partial charge is 0.331 e. The van der Waals surface area contributed by atoms with Gasteiger partial charge in [0.2, 0.25) is 0 Å². The average Bonchev–Trinajstić information content (AvgIpc) is 3.09. The van der Waals surface area contributed by atoms with Gasteiger partial charge in [0.05, 0.1) is 6.04 Å². The first kappa shape index (κ1) is 12.7. The third-order valence-electron chi connectivity index (χ3n) is 3.48. The molecular formula is C15H14ClNOS. The first-order valence-corrected chi connectivity index (χ1v) is 7.61. The second-order valence-corrected chi connectivity index (χ2v) is 6.09. The second-order valence-electron chi connectivity index (χ2n) is 4.68. The van der Waals surface area contributed by atoms with Gasteiger partial charge >= 0.3 is 0 Å². The van der Waals surface area contributed by atoms with Crippen molar-refractivity contribution < 1.29 is 4.79 Å². The number of benzene rings is 1. The van der Waals surface area contributed by atoms with Gasteiger partial charge < -0.3 is 4.90 Å². The topological polar surface area (TPSA) is 20.3 Å². The zero-order valence-corrected chi connectivity index (χ0v) is 12.0. The van der Waals surface area contributed by atoms with E-state index in [1.54, 1.807) is 35.6 Å². The van der Waals surface area contributed by atoms with Gasteiger partial charge in [-0.05, 0) is 48.6 Å². The molecule has 1 aromatic carbocycles. The first-order valence-electron chi connectivity index (χ1n) is 6.35. The highest BCUT2D eigenvalue weighted by Crippen LogP contribution is 2.35. The van der Waals surface area contributed by atoms with Crippen LogP contribution in [0, 0.1) is 0 Å². The Kier molecular flexibility index (Phi) is 3.58. The number of carbonyl (C=O) groups excluding carboxylic acids is 1. The van der Waals surface area contributed by atoms with Crippen LogP contribution < -0.4 is 0 Å². The fraction of sp³-hybridized carbons (Fsp3) is 0.267. The maximum atomic E-state index is 12.6. The summed E-state index contributed by atoms with van der Waals surface area (Å²) in [6.45, 7) is 0.837. The molecular weight excluding hydrogens is 278 g/mol. The predicted molar refractivity (Wildman–Crippen MR) is 78.8 cm³/mol. The molecule has 1 saturated heterocycles. The Morgan fingerprint density at radius 1 is 1.26 bits per heavy atom. The zero-order valence-electron chi connectivity index (χ0n) is 10.4. The van der Waals surface area contributed by atoms with Crippen LogP contribution in [0.25, 0.3) is 0 Å². The number of hydrogen-bond donors (Lipinski definition) is 0. The van der Waals surface area contributed by atoms with Gasteiger partial charge in [0.15, 0.2) is 0 Å². The molecule has 1 aromatic heterocycles. The molecule has 4 heteroatoms.